The Balaban J connectivity index is 0. The molecule has 0 aliphatic carbocycles. The van der Waals surface area contributed by atoms with Crippen LogP contribution in [0.25, 0.3) is 0 Å². The number of amides is 1. The van der Waals surface area contributed by atoms with Crippen molar-refractivity contribution in [3.63, 3.8) is 0 Å². The predicted octanol–water partition coefficient (Wildman–Crippen LogP) is 1.68. The SMILES string of the molecule is CNCCC(=O)NCC(C)N1CCCC(C)C1.Cl.Cl. The molecule has 6 heteroatoms. The number of rotatable bonds is 6. The summed E-state index contributed by atoms with van der Waals surface area (Å²) in [7, 11) is 1.87. The van der Waals surface area contributed by atoms with E-state index in [0.29, 0.717) is 12.5 Å². The number of halogens is 2. The molecule has 116 valence electrons. The van der Waals surface area contributed by atoms with Gasteiger partial charge in [-0.25, -0.2) is 0 Å². The zero-order chi connectivity index (χ0) is 12.7. The Morgan fingerprint density at radius 3 is 2.68 bits per heavy atom. The molecule has 1 saturated heterocycles. The Morgan fingerprint density at radius 1 is 1.42 bits per heavy atom. The first kappa shape index (κ1) is 21.3. The summed E-state index contributed by atoms with van der Waals surface area (Å²) in [4.78, 5) is 14.0. The number of nitrogens with one attached hydrogen (secondary N) is 2. The smallest absolute Gasteiger partial charge is 0.221 e. The second-order valence-corrected chi connectivity index (χ2v) is 5.25. The standard InChI is InChI=1S/C13H27N3O.2ClH/c1-11-5-4-8-16(10-11)12(2)9-15-13(17)6-7-14-3;;/h11-12,14H,4-10H2,1-3H3,(H,15,17);2*1H. The van der Waals surface area contributed by atoms with Crippen LogP contribution in [-0.2, 0) is 4.79 Å². The first-order valence-electron chi connectivity index (χ1n) is 6.78. The van der Waals surface area contributed by atoms with Crippen molar-refractivity contribution >= 4 is 30.7 Å². The van der Waals surface area contributed by atoms with Crippen molar-refractivity contribution in [2.45, 2.75) is 39.2 Å². The fraction of sp³-hybridized carbons (Fsp3) is 0.923. The average Bonchev–Trinajstić information content (AvgIpc) is 2.33. The van der Waals surface area contributed by atoms with E-state index in [1.54, 1.807) is 0 Å². The molecule has 2 atom stereocenters. The molecule has 0 radical (unpaired) electrons. The van der Waals surface area contributed by atoms with Crippen LogP contribution in [0.4, 0.5) is 0 Å². The molecular formula is C13H29Cl2N3O. The van der Waals surface area contributed by atoms with Crippen LogP contribution in [0.1, 0.15) is 33.1 Å². The molecule has 1 fully saturated rings. The molecule has 19 heavy (non-hydrogen) atoms. The van der Waals surface area contributed by atoms with Gasteiger partial charge in [-0.05, 0) is 39.3 Å². The summed E-state index contributed by atoms with van der Waals surface area (Å²) in [5.74, 6) is 0.947. The zero-order valence-electron chi connectivity index (χ0n) is 12.3. The van der Waals surface area contributed by atoms with Crippen molar-refractivity contribution in [3.8, 4) is 0 Å². The summed E-state index contributed by atoms with van der Waals surface area (Å²) in [6, 6.07) is 0.455. The molecule has 0 aromatic carbocycles. The maximum absolute atomic E-state index is 11.5. The summed E-state index contributed by atoms with van der Waals surface area (Å²) in [6.45, 7) is 8.39. The van der Waals surface area contributed by atoms with Gasteiger partial charge in [0.15, 0.2) is 0 Å². The number of carbonyl (C=O) groups is 1. The minimum atomic E-state index is 0. The van der Waals surface area contributed by atoms with Crippen LogP contribution in [0.5, 0.6) is 0 Å². The summed E-state index contributed by atoms with van der Waals surface area (Å²) >= 11 is 0. The van der Waals surface area contributed by atoms with Crippen LogP contribution in [0.15, 0.2) is 0 Å². The Hall–Kier alpha value is -0.0300. The Bertz CT molecular complexity index is 242. The quantitative estimate of drug-likeness (QED) is 0.784. The Kier molecular flexibility index (Phi) is 13.2. The molecule has 0 saturated carbocycles. The molecule has 0 aromatic heterocycles. The van der Waals surface area contributed by atoms with Crippen molar-refractivity contribution in [1.82, 2.24) is 15.5 Å². The third-order valence-corrected chi connectivity index (χ3v) is 3.51. The number of hydrogen-bond donors (Lipinski definition) is 2. The maximum atomic E-state index is 11.5. The summed E-state index contributed by atoms with van der Waals surface area (Å²) in [5, 5.41) is 5.99. The number of nitrogens with zero attached hydrogens (tertiary/aromatic N) is 1. The number of carbonyl (C=O) groups excluding carboxylic acids is 1. The van der Waals surface area contributed by atoms with Crippen LogP contribution < -0.4 is 10.6 Å². The second kappa shape index (κ2) is 11.8. The summed E-state index contributed by atoms with van der Waals surface area (Å²) < 4.78 is 0. The van der Waals surface area contributed by atoms with Gasteiger partial charge >= 0.3 is 0 Å². The molecule has 1 aliphatic rings. The second-order valence-electron chi connectivity index (χ2n) is 5.25. The normalized spacial score (nSPS) is 20.9. The lowest BCUT2D eigenvalue weighted by Gasteiger charge is -2.35. The van der Waals surface area contributed by atoms with Gasteiger partial charge in [-0.15, -0.1) is 24.8 Å². The average molecular weight is 314 g/mol. The van der Waals surface area contributed by atoms with E-state index in [1.165, 1.54) is 25.9 Å². The minimum absolute atomic E-state index is 0. The van der Waals surface area contributed by atoms with Crippen LogP contribution in [-0.4, -0.2) is 50.1 Å². The summed E-state index contributed by atoms with van der Waals surface area (Å²) in [6.07, 6.45) is 3.20. The molecule has 1 heterocycles. The number of piperidine rings is 1. The predicted molar refractivity (Wildman–Crippen MR) is 85.5 cm³/mol. The molecule has 1 amide bonds. The lowest BCUT2D eigenvalue weighted by atomic mass is 9.99. The Morgan fingerprint density at radius 2 is 2.11 bits per heavy atom. The van der Waals surface area contributed by atoms with Crippen LogP contribution in [0.2, 0.25) is 0 Å². The summed E-state index contributed by atoms with van der Waals surface area (Å²) in [5.41, 5.74) is 0. The van der Waals surface area contributed by atoms with Gasteiger partial charge < -0.3 is 10.6 Å². The van der Waals surface area contributed by atoms with E-state index in [0.717, 1.165) is 19.0 Å². The van der Waals surface area contributed by atoms with Gasteiger partial charge in [0, 0.05) is 32.1 Å². The van der Waals surface area contributed by atoms with Gasteiger partial charge in [0.25, 0.3) is 0 Å². The largest absolute Gasteiger partial charge is 0.355 e. The van der Waals surface area contributed by atoms with Crippen molar-refractivity contribution in [3.05, 3.63) is 0 Å². The van der Waals surface area contributed by atoms with Crippen molar-refractivity contribution in [1.29, 1.82) is 0 Å². The molecule has 4 nitrogen and oxygen atoms in total. The first-order valence-corrected chi connectivity index (χ1v) is 6.78. The van der Waals surface area contributed by atoms with Gasteiger partial charge in [0.1, 0.15) is 0 Å². The van der Waals surface area contributed by atoms with E-state index in [2.05, 4.69) is 29.4 Å². The molecular weight excluding hydrogens is 285 g/mol. The molecule has 2 unspecified atom stereocenters. The Labute approximate surface area is 129 Å². The van der Waals surface area contributed by atoms with E-state index < -0.39 is 0 Å². The fourth-order valence-electron chi connectivity index (χ4n) is 2.34. The zero-order valence-corrected chi connectivity index (χ0v) is 13.9. The van der Waals surface area contributed by atoms with Crippen molar-refractivity contribution < 1.29 is 4.79 Å². The van der Waals surface area contributed by atoms with Crippen molar-refractivity contribution in [2.24, 2.45) is 5.92 Å². The van der Waals surface area contributed by atoms with Crippen LogP contribution in [0.3, 0.4) is 0 Å². The van der Waals surface area contributed by atoms with Crippen LogP contribution >= 0.6 is 24.8 Å². The van der Waals surface area contributed by atoms with Gasteiger partial charge in [0.2, 0.25) is 5.91 Å². The lowest BCUT2D eigenvalue weighted by molar-refractivity contribution is -0.121. The van der Waals surface area contributed by atoms with Gasteiger partial charge in [-0.2, -0.15) is 0 Å². The highest BCUT2D eigenvalue weighted by Gasteiger charge is 2.20. The van der Waals surface area contributed by atoms with E-state index in [4.69, 9.17) is 0 Å². The first-order chi connectivity index (χ1) is 8.13. The monoisotopic (exact) mass is 313 g/mol. The minimum Gasteiger partial charge on any atom is -0.355 e. The third-order valence-electron chi connectivity index (χ3n) is 3.51. The molecule has 1 rings (SSSR count). The maximum Gasteiger partial charge on any atom is 0.221 e. The van der Waals surface area contributed by atoms with Crippen LogP contribution in [0, 0.1) is 5.92 Å². The highest BCUT2D eigenvalue weighted by atomic mass is 35.5. The van der Waals surface area contributed by atoms with E-state index in [1.807, 2.05) is 7.05 Å². The molecule has 0 spiro atoms. The molecule has 0 bridgehead atoms. The third kappa shape index (κ3) is 8.69. The van der Waals surface area contributed by atoms with Crippen molar-refractivity contribution in [2.75, 3.05) is 33.2 Å². The van der Waals surface area contributed by atoms with Gasteiger partial charge in [0.05, 0.1) is 0 Å². The molecule has 1 aliphatic heterocycles. The molecule has 2 N–H and O–H groups in total. The van der Waals surface area contributed by atoms with E-state index >= 15 is 0 Å². The number of hydrogen-bond acceptors (Lipinski definition) is 3. The van der Waals surface area contributed by atoms with Gasteiger partial charge in [-0.3, -0.25) is 9.69 Å². The van der Waals surface area contributed by atoms with E-state index in [-0.39, 0.29) is 30.7 Å². The van der Waals surface area contributed by atoms with Gasteiger partial charge in [-0.1, -0.05) is 6.92 Å². The highest BCUT2D eigenvalue weighted by Crippen LogP contribution is 2.17. The highest BCUT2D eigenvalue weighted by molar-refractivity contribution is 5.85. The van der Waals surface area contributed by atoms with E-state index in [9.17, 15) is 4.79 Å². The lowest BCUT2D eigenvalue weighted by Crippen LogP contribution is -2.46. The number of likely N-dealkylation sites (tertiary alicyclic amines) is 1. The topological polar surface area (TPSA) is 44.4 Å². The fourth-order valence-corrected chi connectivity index (χ4v) is 2.34. The molecule has 0 aromatic rings.